The maximum Gasteiger partial charge on any atom is 0.417 e. The van der Waals surface area contributed by atoms with E-state index in [1.807, 2.05) is 0 Å². The molecule has 0 saturated heterocycles. The highest BCUT2D eigenvalue weighted by Gasteiger charge is 2.34. The average molecular weight is 350 g/mol. The van der Waals surface area contributed by atoms with Gasteiger partial charge in [-0.3, -0.25) is 0 Å². The number of hydrogen-bond acceptors (Lipinski definition) is 3. The van der Waals surface area contributed by atoms with Crippen molar-refractivity contribution in [3.8, 4) is 11.4 Å². The fourth-order valence-corrected chi connectivity index (χ4v) is 2.01. The number of hydrogen-bond donors (Lipinski definition) is 1. The minimum atomic E-state index is -4.61. The standard InChI is InChI=1S/C12H8BrF4N3/c1-18-11-9(13)5-19-10(20-11)7-4-6(14)2-3-8(7)12(15,16)17/h2-5H,1H3,(H,18,19,20). The van der Waals surface area contributed by atoms with Crippen LogP contribution in [0.3, 0.4) is 0 Å². The molecule has 0 radical (unpaired) electrons. The normalized spacial score (nSPS) is 11.5. The lowest BCUT2D eigenvalue weighted by Crippen LogP contribution is -2.09. The molecule has 2 aromatic rings. The first-order chi connectivity index (χ1) is 9.32. The molecule has 0 spiro atoms. The van der Waals surface area contributed by atoms with Crippen molar-refractivity contribution >= 4 is 21.7 Å². The lowest BCUT2D eigenvalue weighted by Gasteiger charge is -2.13. The molecule has 0 atom stereocenters. The molecule has 0 bridgehead atoms. The number of anilines is 1. The van der Waals surface area contributed by atoms with Gasteiger partial charge in [0, 0.05) is 18.8 Å². The Bertz CT molecular complexity index is 643. The molecule has 1 aromatic heterocycles. The molecule has 1 heterocycles. The summed E-state index contributed by atoms with van der Waals surface area (Å²) in [5, 5.41) is 2.71. The van der Waals surface area contributed by atoms with E-state index in [-0.39, 0.29) is 5.82 Å². The Kier molecular flexibility index (Phi) is 3.94. The smallest absolute Gasteiger partial charge is 0.372 e. The molecule has 0 aliphatic carbocycles. The van der Waals surface area contributed by atoms with Gasteiger partial charge in [-0.15, -0.1) is 0 Å². The van der Waals surface area contributed by atoms with E-state index in [2.05, 4.69) is 31.2 Å². The van der Waals surface area contributed by atoms with Crippen LogP contribution in [-0.2, 0) is 6.18 Å². The second-order valence-corrected chi connectivity index (χ2v) is 4.68. The van der Waals surface area contributed by atoms with Crippen LogP contribution in [0.25, 0.3) is 11.4 Å². The van der Waals surface area contributed by atoms with Crippen LogP contribution in [0.1, 0.15) is 5.56 Å². The van der Waals surface area contributed by atoms with Crippen LogP contribution in [0, 0.1) is 5.82 Å². The van der Waals surface area contributed by atoms with E-state index in [0.29, 0.717) is 16.4 Å². The first kappa shape index (κ1) is 14.7. The Morgan fingerprint density at radius 1 is 1.25 bits per heavy atom. The van der Waals surface area contributed by atoms with E-state index in [1.165, 1.54) is 6.20 Å². The van der Waals surface area contributed by atoms with Gasteiger partial charge in [-0.05, 0) is 34.1 Å². The summed E-state index contributed by atoms with van der Waals surface area (Å²) in [4.78, 5) is 7.75. The summed E-state index contributed by atoms with van der Waals surface area (Å²) in [5.74, 6) is -0.678. The summed E-state index contributed by atoms with van der Waals surface area (Å²) in [5.41, 5.74) is -1.38. The van der Waals surface area contributed by atoms with Crippen LogP contribution in [0.5, 0.6) is 0 Å². The number of aromatic nitrogens is 2. The zero-order valence-electron chi connectivity index (χ0n) is 10.1. The van der Waals surface area contributed by atoms with Gasteiger partial charge in [0.25, 0.3) is 0 Å². The van der Waals surface area contributed by atoms with E-state index < -0.39 is 23.1 Å². The second kappa shape index (κ2) is 5.35. The number of nitrogens with zero attached hydrogens (tertiary/aromatic N) is 2. The van der Waals surface area contributed by atoms with Gasteiger partial charge in [-0.2, -0.15) is 13.2 Å². The molecule has 0 aliphatic rings. The fraction of sp³-hybridized carbons (Fsp3) is 0.167. The topological polar surface area (TPSA) is 37.8 Å². The van der Waals surface area contributed by atoms with Crippen molar-refractivity contribution in [2.24, 2.45) is 0 Å². The molecular weight excluding hydrogens is 342 g/mol. The summed E-state index contributed by atoms with van der Waals surface area (Å²) >= 11 is 3.15. The van der Waals surface area contributed by atoms with Gasteiger partial charge in [-0.1, -0.05) is 0 Å². The summed E-state index contributed by atoms with van der Waals surface area (Å²) in [6.45, 7) is 0. The third-order valence-corrected chi connectivity index (χ3v) is 3.09. The van der Waals surface area contributed by atoms with Crippen molar-refractivity contribution in [2.75, 3.05) is 12.4 Å². The maximum atomic E-state index is 13.2. The zero-order chi connectivity index (χ0) is 14.9. The Balaban J connectivity index is 2.65. The summed E-state index contributed by atoms with van der Waals surface area (Å²) < 4.78 is 52.5. The molecule has 0 amide bonds. The van der Waals surface area contributed by atoms with E-state index in [4.69, 9.17) is 0 Å². The highest BCUT2D eigenvalue weighted by molar-refractivity contribution is 9.10. The predicted octanol–water partition coefficient (Wildman–Crippen LogP) is 4.11. The van der Waals surface area contributed by atoms with Gasteiger partial charge in [0.2, 0.25) is 0 Å². The Labute approximate surface area is 120 Å². The molecule has 0 fully saturated rings. The molecule has 3 nitrogen and oxygen atoms in total. The molecule has 8 heteroatoms. The predicted molar refractivity (Wildman–Crippen MR) is 69.7 cm³/mol. The molecule has 1 aromatic carbocycles. The van der Waals surface area contributed by atoms with E-state index in [1.54, 1.807) is 7.05 Å². The molecule has 2 rings (SSSR count). The minimum absolute atomic E-state index is 0.204. The molecule has 0 unspecified atom stereocenters. The monoisotopic (exact) mass is 349 g/mol. The third kappa shape index (κ3) is 2.90. The first-order valence-corrected chi connectivity index (χ1v) is 6.19. The van der Waals surface area contributed by atoms with Crippen molar-refractivity contribution in [3.63, 3.8) is 0 Å². The van der Waals surface area contributed by atoms with Crippen LogP contribution < -0.4 is 5.32 Å². The van der Waals surface area contributed by atoms with Gasteiger partial charge in [0.1, 0.15) is 11.6 Å². The molecule has 0 aliphatic heterocycles. The number of rotatable bonds is 2. The quantitative estimate of drug-likeness (QED) is 0.829. The van der Waals surface area contributed by atoms with Crippen LogP contribution in [0.2, 0.25) is 0 Å². The van der Waals surface area contributed by atoms with Crippen molar-refractivity contribution in [3.05, 3.63) is 40.2 Å². The lowest BCUT2D eigenvalue weighted by atomic mass is 10.1. The largest absolute Gasteiger partial charge is 0.417 e. The van der Waals surface area contributed by atoms with Gasteiger partial charge >= 0.3 is 6.18 Å². The average Bonchev–Trinajstić information content (AvgIpc) is 2.37. The van der Waals surface area contributed by atoms with Crippen LogP contribution in [-0.4, -0.2) is 17.0 Å². The number of nitrogens with one attached hydrogen (secondary N) is 1. The minimum Gasteiger partial charge on any atom is -0.372 e. The second-order valence-electron chi connectivity index (χ2n) is 3.83. The maximum absolute atomic E-state index is 13.2. The summed E-state index contributed by atoms with van der Waals surface area (Å²) in [7, 11) is 1.56. The molecular formula is C12H8BrF4N3. The van der Waals surface area contributed by atoms with Crippen molar-refractivity contribution in [2.45, 2.75) is 6.18 Å². The summed E-state index contributed by atoms with van der Waals surface area (Å²) in [6, 6.07) is 2.20. The number of benzene rings is 1. The lowest BCUT2D eigenvalue weighted by molar-refractivity contribution is -0.137. The van der Waals surface area contributed by atoms with E-state index in [9.17, 15) is 17.6 Å². The highest BCUT2D eigenvalue weighted by Crippen LogP contribution is 2.36. The summed E-state index contributed by atoms with van der Waals surface area (Å²) in [6.07, 6.45) is -3.31. The van der Waals surface area contributed by atoms with Gasteiger partial charge in [0.05, 0.1) is 10.0 Å². The molecule has 106 valence electrons. The first-order valence-electron chi connectivity index (χ1n) is 5.40. The Morgan fingerprint density at radius 3 is 2.55 bits per heavy atom. The van der Waals surface area contributed by atoms with E-state index in [0.717, 1.165) is 12.1 Å². The molecule has 20 heavy (non-hydrogen) atoms. The van der Waals surface area contributed by atoms with Crippen molar-refractivity contribution in [1.82, 2.24) is 9.97 Å². The van der Waals surface area contributed by atoms with Gasteiger partial charge < -0.3 is 5.32 Å². The number of alkyl halides is 3. The van der Waals surface area contributed by atoms with Crippen molar-refractivity contribution < 1.29 is 17.6 Å². The van der Waals surface area contributed by atoms with Crippen LogP contribution in [0.15, 0.2) is 28.9 Å². The van der Waals surface area contributed by atoms with Gasteiger partial charge in [-0.25, -0.2) is 14.4 Å². The van der Waals surface area contributed by atoms with Crippen LogP contribution in [0.4, 0.5) is 23.4 Å². The SMILES string of the molecule is CNc1nc(-c2cc(F)ccc2C(F)(F)F)ncc1Br. The number of halogens is 5. The third-order valence-electron chi connectivity index (χ3n) is 2.51. The Hall–Kier alpha value is -1.70. The molecule has 0 saturated carbocycles. The zero-order valence-corrected chi connectivity index (χ0v) is 11.7. The van der Waals surface area contributed by atoms with Crippen LogP contribution >= 0.6 is 15.9 Å². The van der Waals surface area contributed by atoms with Crippen molar-refractivity contribution in [1.29, 1.82) is 0 Å². The molecule has 1 N–H and O–H groups in total. The fourth-order valence-electron chi connectivity index (χ4n) is 1.62. The Morgan fingerprint density at radius 2 is 1.95 bits per heavy atom. The van der Waals surface area contributed by atoms with E-state index >= 15 is 0 Å². The van der Waals surface area contributed by atoms with Gasteiger partial charge in [0.15, 0.2) is 5.82 Å². The highest BCUT2D eigenvalue weighted by atomic mass is 79.9.